The minimum atomic E-state index is -1.11. The van der Waals surface area contributed by atoms with Crippen molar-refractivity contribution in [1.82, 2.24) is 9.78 Å². The molecule has 3 aromatic carbocycles. The van der Waals surface area contributed by atoms with Crippen molar-refractivity contribution in [2.45, 2.75) is 6.61 Å². The summed E-state index contributed by atoms with van der Waals surface area (Å²) < 4.78 is 20.9. The zero-order valence-corrected chi connectivity index (χ0v) is 15.3. The summed E-state index contributed by atoms with van der Waals surface area (Å²) in [5, 5.41) is 13.9. The molecule has 6 heteroatoms. The van der Waals surface area contributed by atoms with E-state index in [9.17, 15) is 14.3 Å². The number of carbonyl (C=O) groups is 1. The second-order valence-electron chi connectivity index (χ2n) is 6.37. The molecule has 0 radical (unpaired) electrons. The van der Waals surface area contributed by atoms with Gasteiger partial charge < -0.3 is 9.84 Å². The molecule has 1 N–H and O–H groups in total. The molecule has 0 amide bonds. The van der Waals surface area contributed by atoms with Crippen molar-refractivity contribution in [3.63, 3.8) is 0 Å². The third kappa shape index (κ3) is 3.87. The van der Waals surface area contributed by atoms with E-state index in [2.05, 4.69) is 5.10 Å². The largest absolute Gasteiger partial charge is 0.487 e. The van der Waals surface area contributed by atoms with Crippen molar-refractivity contribution < 1.29 is 19.0 Å². The van der Waals surface area contributed by atoms with Crippen LogP contribution in [0.2, 0.25) is 0 Å². The van der Waals surface area contributed by atoms with E-state index in [1.54, 1.807) is 12.1 Å². The quantitative estimate of drug-likeness (QED) is 0.507. The van der Waals surface area contributed by atoms with E-state index < -0.39 is 11.8 Å². The highest BCUT2D eigenvalue weighted by molar-refractivity contribution is 5.95. The standard InChI is InChI=1S/C23H17FN2O3/c24-18-12-10-17(11-13-18)22-19(23(27)28)14-25-26(22)20-8-4-5-9-21(20)29-15-16-6-2-1-3-7-16/h1-14H,15H2,(H,27,28). The number of aromatic carboxylic acids is 1. The van der Waals surface area contributed by atoms with E-state index in [4.69, 9.17) is 4.74 Å². The van der Waals surface area contributed by atoms with Crippen LogP contribution in [0, 0.1) is 5.82 Å². The van der Waals surface area contributed by atoms with Crippen molar-refractivity contribution in [3.05, 3.63) is 102 Å². The Morgan fingerprint density at radius 1 is 0.966 bits per heavy atom. The minimum Gasteiger partial charge on any atom is -0.487 e. The number of benzene rings is 3. The summed E-state index contributed by atoms with van der Waals surface area (Å²) in [5.74, 6) is -0.957. The highest BCUT2D eigenvalue weighted by Crippen LogP contribution is 2.31. The molecule has 0 saturated heterocycles. The number of rotatable bonds is 6. The molecule has 0 saturated carbocycles. The maximum Gasteiger partial charge on any atom is 0.339 e. The summed E-state index contributed by atoms with van der Waals surface area (Å²) in [7, 11) is 0. The predicted molar refractivity (Wildman–Crippen MR) is 107 cm³/mol. The summed E-state index contributed by atoms with van der Waals surface area (Å²) >= 11 is 0. The first-order valence-corrected chi connectivity index (χ1v) is 8.97. The molecular weight excluding hydrogens is 371 g/mol. The lowest BCUT2D eigenvalue weighted by Crippen LogP contribution is -2.06. The number of carboxylic acid groups (broad SMARTS) is 1. The SMILES string of the molecule is O=C(O)c1cnn(-c2ccccc2OCc2ccccc2)c1-c1ccc(F)cc1. The first kappa shape index (κ1) is 18.4. The lowest BCUT2D eigenvalue weighted by atomic mass is 10.1. The molecule has 144 valence electrons. The molecule has 0 aliphatic carbocycles. The summed E-state index contributed by atoms with van der Waals surface area (Å²) in [6.07, 6.45) is 1.29. The lowest BCUT2D eigenvalue weighted by molar-refractivity contribution is 0.0697. The molecule has 29 heavy (non-hydrogen) atoms. The summed E-state index contributed by atoms with van der Waals surface area (Å²) in [4.78, 5) is 11.7. The van der Waals surface area contributed by atoms with Gasteiger partial charge in [0.25, 0.3) is 0 Å². The van der Waals surface area contributed by atoms with Crippen LogP contribution in [-0.4, -0.2) is 20.9 Å². The van der Waals surface area contributed by atoms with Gasteiger partial charge in [0.2, 0.25) is 0 Å². The number of aromatic nitrogens is 2. The number of halogens is 1. The summed E-state index contributed by atoms with van der Waals surface area (Å²) in [5.41, 5.74) is 2.52. The van der Waals surface area contributed by atoms with Gasteiger partial charge in [-0.25, -0.2) is 13.9 Å². The smallest absolute Gasteiger partial charge is 0.339 e. The van der Waals surface area contributed by atoms with Gasteiger partial charge in [-0.1, -0.05) is 42.5 Å². The number of carboxylic acids is 1. The topological polar surface area (TPSA) is 64.3 Å². The number of ether oxygens (including phenoxy) is 1. The van der Waals surface area contributed by atoms with Crippen LogP contribution in [-0.2, 0) is 6.61 Å². The Balaban J connectivity index is 1.77. The van der Waals surface area contributed by atoms with Crippen LogP contribution in [0.3, 0.4) is 0 Å². The van der Waals surface area contributed by atoms with Crippen molar-refractivity contribution in [1.29, 1.82) is 0 Å². The van der Waals surface area contributed by atoms with Gasteiger partial charge in [-0.3, -0.25) is 0 Å². The normalized spacial score (nSPS) is 10.7. The Hall–Kier alpha value is -3.93. The first-order valence-electron chi connectivity index (χ1n) is 8.97. The van der Waals surface area contributed by atoms with E-state index >= 15 is 0 Å². The molecule has 0 bridgehead atoms. The van der Waals surface area contributed by atoms with Crippen LogP contribution in [0.1, 0.15) is 15.9 Å². The maximum absolute atomic E-state index is 13.4. The van der Waals surface area contributed by atoms with E-state index in [-0.39, 0.29) is 5.56 Å². The molecule has 1 heterocycles. The van der Waals surface area contributed by atoms with Gasteiger partial charge in [0.05, 0.1) is 11.9 Å². The molecule has 0 aliphatic rings. The second-order valence-corrected chi connectivity index (χ2v) is 6.37. The van der Waals surface area contributed by atoms with Crippen molar-refractivity contribution in [2.24, 2.45) is 0 Å². The molecule has 4 rings (SSSR count). The molecule has 0 aliphatic heterocycles. The monoisotopic (exact) mass is 388 g/mol. The molecule has 1 aromatic heterocycles. The molecule has 0 atom stereocenters. The average Bonchev–Trinajstić information content (AvgIpc) is 3.19. The number of hydrogen-bond donors (Lipinski definition) is 1. The number of para-hydroxylation sites is 2. The molecule has 0 fully saturated rings. The fourth-order valence-electron chi connectivity index (χ4n) is 3.06. The van der Waals surface area contributed by atoms with Crippen LogP contribution >= 0.6 is 0 Å². The van der Waals surface area contributed by atoms with Crippen molar-refractivity contribution in [2.75, 3.05) is 0 Å². The fourth-order valence-corrected chi connectivity index (χ4v) is 3.06. The summed E-state index contributed by atoms with van der Waals surface area (Å²) in [6, 6.07) is 22.6. The molecule has 5 nitrogen and oxygen atoms in total. The third-order valence-electron chi connectivity index (χ3n) is 4.45. The van der Waals surface area contributed by atoms with E-state index in [1.165, 1.54) is 35.1 Å². The fraction of sp³-hybridized carbons (Fsp3) is 0.0435. The Bertz CT molecular complexity index is 1140. The Morgan fingerprint density at radius 2 is 1.66 bits per heavy atom. The second kappa shape index (κ2) is 7.98. The van der Waals surface area contributed by atoms with E-state index in [1.807, 2.05) is 42.5 Å². The van der Waals surface area contributed by atoms with E-state index in [0.717, 1.165) is 5.56 Å². The highest BCUT2D eigenvalue weighted by Gasteiger charge is 2.21. The average molecular weight is 388 g/mol. The van der Waals surface area contributed by atoms with Crippen LogP contribution < -0.4 is 4.74 Å². The van der Waals surface area contributed by atoms with Gasteiger partial charge in [0.1, 0.15) is 29.4 Å². The minimum absolute atomic E-state index is 0.0227. The zero-order chi connectivity index (χ0) is 20.2. The Labute approximate surface area is 166 Å². The molecular formula is C23H17FN2O3. The van der Waals surface area contributed by atoms with Gasteiger partial charge in [0.15, 0.2) is 0 Å². The van der Waals surface area contributed by atoms with Crippen LogP contribution in [0.15, 0.2) is 85.1 Å². The molecule has 4 aromatic rings. The maximum atomic E-state index is 13.4. The van der Waals surface area contributed by atoms with Gasteiger partial charge in [-0.2, -0.15) is 5.10 Å². The van der Waals surface area contributed by atoms with Gasteiger partial charge in [-0.05, 0) is 42.0 Å². The first-order chi connectivity index (χ1) is 14.1. The molecule has 0 spiro atoms. The lowest BCUT2D eigenvalue weighted by Gasteiger charge is -2.14. The number of nitrogens with zero attached hydrogens (tertiary/aromatic N) is 2. The van der Waals surface area contributed by atoms with Gasteiger partial charge >= 0.3 is 5.97 Å². The number of hydrogen-bond acceptors (Lipinski definition) is 3. The highest BCUT2D eigenvalue weighted by atomic mass is 19.1. The zero-order valence-electron chi connectivity index (χ0n) is 15.3. The van der Waals surface area contributed by atoms with E-state index in [0.29, 0.717) is 29.3 Å². The van der Waals surface area contributed by atoms with Gasteiger partial charge in [0, 0.05) is 5.56 Å². The molecule has 0 unspecified atom stereocenters. The van der Waals surface area contributed by atoms with Gasteiger partial charge in [-0.15, -0.1) is 0 Å². The van der Waals surface area contributed by atoms with Crippen LogP contribution in [0.4, 0.5) is 4.39 Å². The Morgan fingerprint density at radius 3 is 2.38 bits per heavy atom. The third-order valence-corrected chi connectivity index (χ3v) is 4.45. The van der Waals surface area contributed by atoms with Crippen molar-refractivity contribution >= 4 is 5.97 Å². The van der Waals surface area contributed by atoms with Crippen molar-refractivity contribution in [3.8, 4) is 22.7 Å². The van der Waals surface area contributed by atoms with Crippen LogP contribution in [0.25, 0.3) is 16.9 Å². The predicted octanol–water partition coefficient (Wildman–Crippen LogP) is 4.96. The summed E-state index contributed by atoms with van der Waals surface area (Å²) in [6.45, 7) is 0.358. The van der Waals surface area contributed by atoms with Crippen LogP contribution in [0.5, 0.6) is 5.75 Å². The Kier molecular flexibility index (Phi) is 5.07.